The molecule has 1 aromatic carbocycles. The Morgan fingerprint density at radius 2 is 1.79 bits per heavy atom. The minimum absolute atomic E-state index is 0.00185. The Kier molecular flexibility index (Phi) is 5.08. The summed E-state index contributed by atoms with van der Waals surface area (Å²) in [6, 6.07) is 8.99. The molecule has 3 fully saturated rings. The number of rotatable bonds is 5. The van der Waals surface area contributed by atoms with Crippen LogP contribution in [0.4, 0.5) is 0 Å². The third-order valence-corrected chi connectivity index (χ3v) is 10.8. The molecule has 2 saturated carbocycles. The number of benzene rings is 1. The Bertz CT molecular complexity index is 1240. The highest BCUT2D eigenvalue weighted by Crippen LogP contribution is 2.68. The van der Waals surface area contributed by atoms with Crippen molar-refractivity contribution in [2.75, 3.05) is 0 Å². The summed E-state index contributed by atoms with van der Waals surface area (Å²) in [4.78, 5) is 56.6. The Labute approximate surface area is 204 Å². The third kappa shape index (κ3) is 3.02. The fourth-order valence-corrected chi connectivity index (χ4v) is 10.0. The largest absolute Gasteiger partial charge is 0.480 e. The fourth-order valence-electron chi connectivity index (χ4n) is 7.14. The van der Waals surface area contributed by atoms with Gasteiger partial charge in [0.05, 0.1) is 16.9 Å². The minimum Gasteiger partial charge on any atom is -0.480 e. The van der Waals surface area contributed by atoms with E-state index in [0.717, 1.165) is 26.8 Å². The Morgan fingerprint density at radius 1 is 1.12 bits per heavy atom. The molecule has 2 aliphatic carbocycles. The van der Waals surface area contributed by atoms with Crippen molar-refractivity contribution in [1.82, 2.24) is 9.88 Å². The van der Waals surface area contributed by atoms with Crippen molar-refractivity contribution in [3.05, 3.63) is 50.4 Å². The van der Waals surface area contributed by atoms with Crippen LogP contribution >= 0.6 is 23.1 Å². The number of thioether (sulfide) groups is 1. The maximum Gasteiger partial charge on any atom is 0.326 e. The molecule has 2 N–H and O–H groups in total. The summed E-state index contributed by atoms with van der Waals surface area (Å²) in [5.74, 6) is -2.48. The maximum atomic E-state index is 13.7. The highest BCUT2D eigenvalue weighted by Gasteiger charge is 2.70. The quantitative estimate of drug-likeness (QED) is 0.612. The van der Waals surface area contributed by atoms with Gasteiger partial charge in [-0.25, -0.2) is 4.79 Å². The van der Waals surface area contributed by atoms with E-state index in [1.165, 1.54) is 11.3 Å². The van der Waals surface area contributed by atoms with Crippen molar-refractivity contribution in [3.63, 3.8) is 0 Å². The standard InChI is InChI=1S/C25H26N2O5S2/c1-10(2)8-14(24(30)31)27-22(28)17-12-9-13(18(17)23(27)29)19-16(12)15(11-6-4-3-5-7-11)20-21(33-19)26-25(32)34-20/h3-7,10,12-19H,8-9H2,1-2H3,(H,26,32)(H,30,31)/t12-,13-,14-,15+,16-,17+,18-,19-/m1/s1. The number of amides is 2. The van der Waals surface area contributed by atoms with Crippen molar-refractivity contribution in [3.8, 4) is 0 Å². The van der Waals surface area contributed by atoms with Crippen molar-refractivity contribution < 1.29 is 19.5 Å². The second-order valence-corrected chi connectivity index (χ2v) is 12.6. The molecule has 1 saturated heterocycles. The number of nitrogens with zero attached hydrogens (tertiary/aromatic N) is 1. The lowest BCUT2D eigenvalue weighted by atomic mass is 9.68. The number of carbonyl (C=O) groups is 3. The molecule has 2 amide bonds. The lowest BCUT2D eigenvalue weighted by Gasteiger charge is -2.43. The van der Waals surface area contributed by atoms with Gasteiger partial charge in [-0.1, -0.05) is 55.5 Å². The van der Waals surface area contributed by atoms with Gasteiger partial charge in [-0.3, -0.25) is 19.3 Å². The number of H-pyrrole nitrogens is 1. The molecule has 3 heterocycles. The van der Waals surface area contributed by atoms with E-state index in [4.69, 9.17) is 0 Å². The first kappa shape index (κ1) is 22.1. The summed E-state index contributed by atoms with van der Waals surface area (Å²) in [5, 5.41) is 10.9. The average Bonchev–Trinajstić information content (AvgIpc) is 3.51. The molecule has 34 heavy (non-hydrogen) atoms. The number of aliphatic carboxylic acids is 1. The van der Waals surface area contributed by atoms with Gasteiger partial charge in [-0.15, -0.1) is 11.8 Å². The number of likely N-dealkylation sites (tertiary alicyclic amines) is 1. The van der Waals surface area contributed by atoms with Gasteiger partial charge in [-0.05, 0) is 42.1 Å². The fraction of sp³-hybridized carbons (Fsp3) is 0.520. The zero-order valence-electron chi connectivity index (χ0n) is 18.8. The number of carbonyl (C=O) groups excluding carboxylic acids is 2. The number of thiazole rings is 1. The van der Waals surface area contributed by atoms with Gasteiger partial charge in [0, 0.05) is 16.0 Å². The monoisotopic (exact) mass is 498 g/mol. The molecule has 2 aromatic rings. The molecule has 2 aliphatic heterocycles. The number of carboxylic acid groups (broad SMARTS) is 1. The highest BCUT2D eigenvalue weighted by atomic mass is 32.2. The minimum atomic E-state index is -1.11. The maximum absolute atomic E-state index is 13.7. The van der Waals surface area contributed by atoms with Gasteiger partial charge in [0.25, 0.3) is 0 Å². The van der Waals surface area contributed by atoms with Gasteiger partial charge in [0.2, 0.25) is 11.8 Å². The number of aromatic amines is 1. The van der Waals surface area contributed by atoms with Crippen LogP contribution in [0.25, 0.3) is 0 Å². The zero-order chi connectivity index (χ0) is 23.9. The Hall–Kier alpha value is -2.39. The van der Waals surface area contributed by atoms with E-state index < -0.39 is 23.8 Å². The van der Waals surface area contributed by atoms with Gasteiger partial charge >= 0.3 is 10.8 Å². The average molecular weight is 499 g/mol. The molecular weight excluding hydrogens is 472 g/mol. The summed E-state index contributed by atoms with van der Waals surface area (Å²) in [6.45, 7) is 3.81. The number of aromatic nitrogens is 1. The van der Waals surface area contributed by atoms with Crippen molar-refractivity contribution in [2.45, 2.75) is 48.9 Å². The van der Waals surface area contributed by atoms with E-state index in [9.17, 15) is 24.3 Å². The van der Waals surface area contributed by atoms with Crippen LogP contribution in [0.2, 0.25) is 0 Å². The Morgan fingerprint density at radius 3 is 2.44 bits per heavy atom. The van der Waals surface area contributed by atoms with E-state index in [-0.39, 0.29) is 57.9 Å². The molecule has 8 atom stereocenters. The van der Waals surface area contributed by atoms with E-state index in [1.807, 2.05) is 32.0 Å². The summed E-state index contributed by atoms with van der Waals surface area (Å²) >= 11 is 2.89. The molecule has 0 unspecified atom stereocenters. The Balaban J connectivity index is 1.42. The number of hydrogen-bond acceptors (Lipinski definition) is 6. The van der Waals surface area contributed by atoms with Crippen LogP contribution in [0.15, 0.2) is 40.2 Å². The number of carboxylic acids is 1. The first-order valence-electron chi connectivity index (χ1n) is 11.8. The molecule has 7 nitrogen and oxygen atoms in total. The number of nitrogens with one attached hydrogen (secondary N) is 1. The molecule has 0 radical (unpaired) electrons. The van der Waals surface area contributed by atoms with Crippen LogP contribution in [0.1, 0.15) is 43.0 Å². The molecule has 2 bridgehead atoms. The van der Waals surface area contributed by atoms with Gasteiger partial charge < -0.3 is 10.1 Å². The van der Waals surface area contributed by atoms with Gasteiger partial charge in [0.1, 0.15) is 6.04 Å². The van der Waals surface area contributed by atoms with Crippen molar-refractivity contribution >= 4 is 40.9 Å². The molecule has 0 spiro atoms. The summed E-state index contributed by atoms with van der Waals surface area (Å²) in [6.07, 6.45) is 1.06. The highest BCUT2D eigenvalue weighted by molar-refractivity contribution is 8.00. The molecule has 178 valence electrons. The number of hydrogen-bond donors (Lipinski definition) is 2. The van der Waals surface area contributed by atoms with E-state index in [2.05, 4.69) is 17.1 Å². The predicted molar refractivity (Wildman–Crippen MR) is 128 cm³/mol. The van der Waals surface area contributed by atoms with E-state index in [1.54, 1.807) is 11.8 Å². The topological polar surface area (TPSA) is 108 Å². The van der Waals surface area contributed by atoms with Gasteiger partial charge in [-0.2, -0.15) is 0 Å². The zero-order valence-corrected chi connectivity index (χ0v) is 20.5. The van der Waals surface area contributed by atoms with Gasteiger partial charge in [0.15, 0.2) is 0 Å². The van der Waals surface area contributed by atoms with Crippen LogP contribution < -0.4 is 4.87 Å². The SMILES string of the molecule is CC(C)C[C@H](C(=O)O)N1C(=O)[C@@H]2[C@H]3C[C@@H]([C@@H]2C1=O)[C@@H]1[C@H](c2ccccc2)c2sc(=O)[nH]c2S[C@H]31. The van der Waals surface area contributed by atoms with Crippen LogP contribution in [-0.2, 0) is 14.4 Å². The predicted octanol–water partition coefficient (Wildman–Crippen LogP) is 3.41. The smallest absolute Gasteiger partial charge is 0.326 e. The van der Waals surface area contributed by atoms with E-state index in [0.29, 0.717) is 0 Å². The second-order valence-electron chi connectivity index (χ2n) is 10.4. The van der Waals surface area contributed by atoms with Crippen molar-refractivity contribution in [1.29, 1.82) is 0 Å². The lowest BCUT2D eigenvalue weighted by Crippen LogP contribution is -2.47. The summed E-state index contributed by atoms with van der Waals surface area (Å²) in [5.41, 5.74) is 1.12. The molecule has 6 rings (SSSR count). The summed E-state index contributed by atoms with van der Waals surface area (Å²) in [7, 11) is 0. The third-order valence-electron chi connectivity index (χ3n) is 8.21. The first-order chi connectivity index (χ1) is 16.3. The van der Waals surface area contributed by atoms with Crippen LogP contribution in [-0.4, -0.2) is 44.1 Å². The van der Waals surface area contributed by atoms with E-state index >= 15 is 0 Å². The summed E-state index contributed by atoms with van der Waals surface area (Å²) < 4.78 is 0. The molecule has 9 heteroatoms. The van der Waals surface area contributed by atoms with Crippen LogP contribution in [0, 0.1) is 35.5 Å². The normalized spacial score (nSPS) is 34.3. The van der Waals surface area contributed by atoms with Crippen molar-refractivity contribution in [2.24, 2.45) is 35.5 Å². The molecule has 4 aliphatic rings. The van der Waals surface area contributed by atoms with Crippen LogP contribution in [0.5, 0.6) is 0 Å². The lowest BCUT2D eigenvalue weighted by molar-refractivity contribution is -0.156. The number of fused-ring (bicyclic) bond motifs is 9. The first-order valence-corrected chi connectivity index (χ1v) is 13.5. The molecular formula is C25H26N2O5S2. The second kappa shape index (κ2) is 7.81. The van der Waals surface area contributed by atoms with Crippen LogP contribution in [0.3, 0.4) is 0 Å². The number of imide groups is 1. The molecule has 1 aromatic heterocycles.